The predicted octanol–water partition coefficient (Wildman–Crippen LogP) is 2.03. The molecule has 0 radical (unpaired) electrons. The lowest BCUT2D eigenvalue weighted by atomic mass is 10.2. The number of terminal acetylenes is 1. The second kappa shape index (κ2) is 6.60. The fourth-order valence-electron chi connectivity index (χ4n) is 2.12. The molecule has 3 amide bonds. The first kappa shape index (κ1) is 16.7. The van der Waals surface area contributed by atoms with E-state index in [0.29, 0.717) is 0 Å². The molecule has 1 saturated heterocycles. The number of hydrogen-bond acceptors (Lipinski definition) is 3. The van der Waals surface area contributed by atoms with E-state index in [2.05, 4.69) is 11.2 Å². The number of para-hydroxylation sites is 1. The minimum absolute atomic E-state index is 0.0544. The largest absolute Gasteiger partial charge is 0.491 e. The van der Waals surface area contributed by atoms with Gasteiger partial charge >= 0.3 is 12.2 Å². The zero-order valence-corrected chi connectivity index (χ0v) is 11.9. The molecule has 1 aliphatic heterocycles. The first-order valence-corrected chi connectivity index (χ1v) is 6.69. The van der Waals surface area contributed by atoms with Crippen molar-refractivity contribution in [3.8, 4) is 18.1 Å². The third-order valence-electron chi connectivity index (χ3n) is 3.19. The number of carbonyl (C=O) groups is 2. The highest BCUT2D eigenvalue weighted by Crippen LogP contribution is 2.35. The number of carbonyl (C=O) groups excluding carboxylic acids is 2. The molecule has 2 rings (SSSR count). The summed E-state index contributed by atoms with van der Waals surface area (Å²) < 4.78 is 43.5. The molecule has 0 saturated carbocycles. The zero-order valence-electron chi connectivity index (χ0n) is 11.9. The van der Waals surface area contributed by atoms with Crippen molar-refractivity contribution < 1.29 is 27.5 Å². The van der Waals surface area contributed by atoms with Crippen LogP contribution in [0.2, 0.25) is 0 Å². The summed E-state index contributed by atoms with van der Waals surface area (Å²) in [6, 6.07) is 3.29. The molecule has 1 aliphatic rings. The molecule has 1 atom stereocenters. The Bertz CT molecular complexity index is 652. The maximum absolute atomic E-state index is 12.8. The average Bonchev–Trinajstić information content (AvgIpc) is 2.74. The number of halogens is 3. The predicted molar refractivity (Wildman–Crippen MR) is 74.4 cm³/mol. The van der Waals surface area contributed by atoms with Crippen LogP contribution in [-0.2, 0) is 11.0 Å². The minimum Gasteiger partial charge on any atom is -0.491 e. The van der Waals surface area contributed by atoms with Gasteiger partial charge in [-0.1, -0.05) is 12.1 Å². The molecule has 1 fully saturated rings. The average molecular weight is 326 g/mol. The van der Waals surface area contributed by atoms with Gasteiger partial charge in [-0.15, -0.1) is 12.3 Å². The van der Waals surface area contributed by atoms with Crippen molar-refractivity contribution in [1.82, 2.24) is 10.2 Å². The normalized spacial score (nSPS) is 17.8. The molecule has 8 heteroatoms. The van der Waals surface area contributed by atoms with Crippen LogP contribution in [-0.4, -0.2) is 36.0 Å². The van der Waals surface area contributed by atoms with Gasteiger partial charge in [-0.3, -0.25) is 9.69 Å². The van der Waals surface area contributed by atoms with Crippen LogP contribution in [0.15, 0.2) is 24.3 Å². The van der Waals surface area contributed by atoms with E-state index in [4.69, 9.17) is 11.2 Å². The second-order valence-electron chi connectivity index (χ2n) is 4.74. The van der Waals surface area contributed by atoms with Gasteiger partial charge in [0.25, 0.3) is 5.91 Å². The van der Waals surface area contributed by atoms with E-state index >= 15 is 0 Å². The number of nitrogens with zero attached hydrogens (tertiary/aromatic N) is 1. The smallest absolute Gasteiger partial charge is 0.419 e. The van der Waals surface area contributed by atoms with Crippen LogP contribution in [0, 0.1) is 12.3 Å². The van der Waals surface area contributed by atoms with Gasteiger partial charge in [-0.05, 0) is 12.1 Å². The third-order valence-corrected chi connectivity index (χ3v) is 3.19. The minimum atomic E-state index is -4.55. The summed E-state index contributed by atoms with van der Waals surface area (Å²) in [7, 11) is 0. The van der Waals surface area contributed by atoms with Crippen molar-refractivity contribution in [1.29, 1.82) is 0 Å². The Kier molecular flexibility index (Phi) is 4.79. The van der Waals surface area contributed by atoms with Gasteiger partial charge in [0.2, 0.25) is 0 Å². The molecule has 0 spiro atoms. The van der Waals surface area contributed by atoms with Gasteiger partial charge in [-0.25, -0.2) is 4.79 Å². The molecule has 0 aromatic heterocycles. The maximum atomic E-state index is 12.8. The fourth-order valence-corrected chi connectivity index (χ4v) is 2.12. The highest BCUT2D eigenvalue weighted by molar-refractivity contribution is 6.04. The summed E-state index contributed by atoms with van der Waals surface area (Å²) in [6.07, 6.45) is 0.600. The summed E-state index contributed by atoms with van der Waals surface area (Å²) in [6.45, 7) is -0.424. The molecule has 5 nitrogen and oxygen atoms in total. The highest BCUT2D eigenvalue weighted by atomic mass is 19.4. The van der Waals surface area contributed by atoms with E-state index in [1.807, 2.05) is 0 Å². The zero-order chi connectivity index (χ0) is 17.0. The van der Waals surface area contributed by atoms with Crippen LogP contribution in [0.1, 0.15) is 12.0 Å². The Morgan fingerprint density at radius 2 is 2.00 bits per heavy atom. The number of hydrogen-bond donors (Lipinski definition) is 1. The number of benzene rings is 1. The lowest BCUT2D eigenvalue weighted by Gasteiger charge is -2.16. The number of alkyl halides is 3. The first-order valence-electron chi connectivity index (χ1n) is 6.69. The first-order chi connectivity index (χ1) is 10.8. The molecular formula is C15H13F3N2O3. The van der Waals surface area contributed by atoms with Crippen LogP contribution in [0.25, 0.3) is 0 Å². The van der Waals surface area contributed by atoms with Crippen LogP contribution in [0.3, 0.4) is 0 Å². The van der Waals surface area contributed by atoms with E-state index < -0.39 is 29.7 Å². The van der Waals surface area contributed by atoms with Gasteiger partial charge in [-0.2, -0.15) is 13.2 Å². The van der Waals surface area contributed by atoms with Crippen LogP contribution >= 0.6 is 0 Å². The molecule has 0 aliphatic carbocycles. The SMILES string of the molecule is C#CCC1NC(=O)N(CCOc2ccccc2C(F)(F)F)C1=O. The van der Waals surface area contributed by atoms with E-state index in [-0.39, 0.29) is 25.3 Å². The van der Waals surface area contributed by atoms with Crippen molar-refractivity contribution in [2.24, 2.45) is 0 Å². The molecule has 1 heterocycles. The number of ether oxygens (including phenoxy) is 1. The Morgan fingerprint density at radius 3 is 2.65 bits per heavy atom. The fraction of sp³-hybridized carbons (Fsp3) is 0.333. The van der Waals surface area contributed by atoms with Crippen LogP contribution in [0.5, 0.6) is 5.75 Å². The Hall–Kier alpha value is -2.69. The Morgan fingerprint density at radius 1 is 1.30 bits per heavy atom. The van der Waals surface area contributed by atoms with Crippen molar-refractivity contribution in [3.63, 3.8) is 0 Å². The van der Waals surface area contributed by atoms with Gasteiger partial charge in [0, 0.05) is 6.42 Å². The standard InChI is InChI=1S/C15H13F3N2O3/c1-2-5-11-13(21)20(14(22)19-11)8-9-23-12-7-4-3-6-10(12)15(16,17)18/h1,3-4,6-7,11H,5,8-9H2,(H,19,22). The molecule has 1 aromatic carbocycles. The number of rotatable bonds is 5. The summed E-state index contributed by atoms with van der Waals surface area (Å²) in [4.78, 5) is 24.4. The van der Waals surface area contributed by atoms with E-state index in [9.17, 15) is 22.8 Å². The molecule has 0 bridgehead atoms. The van der Waals surface area contributed by atoms with Gasteiger partial charge in [0.1, 0.15) is 18.4 Å². The summed E-state index contributed by atoms with van der Waals surface area (Å²) in [5.41, 5.74) is -0.914. The lowest BCUT2D eigenvalue weighted by Crippen LogP contribution is -2.35. The van der Waals surface area contributed by atoms with Gasteiger partial charge in [0.15, 0.2) is 0 Å². The van der Waals surface area contributed by atoms with Gasteiger partial charge in [0.05, 0.1) is 12.1 Å². The van der Waals surface area contributed by atoms with Crippen molar-refractivity contribution >= 4 is 11.9 Å². The molecule has 1 N–H and O–H groups in total. The summed E-state index contributed by atoms with van der Waals surface area (Å²) in [5.74, 6) is 1.40. The van der Waals surface area contributed by atoms with E-state index in [0.717, 1.165) is 11.0 Å². The van der Waals surface area contributed by atoms with Crippen LogP contribution in [0.4, 0.5) is 18.0 Å². The van der Waals surface area contributed by atoms with Crippen molar-refractivity contribution in [2.45, 2.75) is 18.6 Å². The summed E-state index contributed by atoms with van der Waals surface area (Å²) in [5, 5.41) is 2.40. The Balaban J connectivity index is 1.98. The topological polar surface area (TPSA) is 58.6 Å². The quantitative estimate of drug-likeness (QED) is 0.665. The monoisotopic (exact) mass is 326 g/mol. The molecule has 1 unspecified atom stereocenters. The second-order valence-corrected chi connectivity index (χ2v) is 4.74. The van der Waals surface area contributed by atoms with Crippen molar-refractivity contribution in [2.75, 3.05) is 13.2 Å². The van der Waals surface area contributed by atoms with E-state index in [1.54, 1.807) is 0 Å². The number of urea groups is 1. The maximum Gasteiger partial charge on any atom is 0.419 e. The lowest BCUT2D eigenvalue weighted by molar-refractivity contribution is -0.139. The molecular weight excluding hydrogens is 313 g/mol. The summed E-state index contributed by atoms with van der Waals surface area (Å²) >= 11 is 0. The highest BCUT2D eigenvalue weighted by Gasteiger charge is 2.37. The van der Waals surface area contributed by atoms with Crippen molar-refractivity contribution in [3.05, 3.63) is 29.8 Å². The third kappa shape index (κ3) is 3.74. The number of amides is 3. The number of nitrogens with one attached hydrogen (secondary N) is 1. The molecule has 1 aromatic rings. The molecule has 122 valence electrons. The van der Waals surface area contributed by atoms with E-state index in [1.165, 1.54) is 18.2 Å². The molecule has 23 heavy (non-hydrogen) atoms. The number of imide groups is 1. The Labute approximate surface area is 130 Å². The van der Waals surface area contributed by atoms with Crippen LogP contribution < -0.4 is 10.1 Å². The van der Waals surface area contributed by atoms with Gasteiger partial charge < -0.3 is 10.1 Å².